The Morgan fingerprint density at radius 1 is 1.00 bits per heavy atom. The number of rotatable bonds is 10. The van der Waals surface area contributed by atoms with Gasteiger partial charge in [-0.05, 0) is 69.6 Å². The predicted octanol–water partition coefficient (Wildman–Crippen LogP) is 3.53. The molecule has 6 nitrogen and oxygen atoms in total. The zero-order chi connectivity index (χ0) is 22.3. The van der Waals surface area contributed by atoms with Crippen molar-refractivity contribution in [2.45, 2.75) is 64.2 Å². The highest BCUT2D eigenvalue weighted by Gasteiger charge is 2.17. The summed E-state index contributed by atoms with van der Waals surface area (Å²) >= 11 is 0. The van der Waals surface area contributed by atoms with E-state index in [9.17, 15) is 13.2 Å². The third kappa shape index (κ3) is 6.65. The molecule has 0 aliphatic heterocycles. The van der Waals surface area contributed by atoms with Crippen LogP contribution in [0.5, 0.6) is 0 Å². The molecule has 0 spiro atoms. The van der Waals surface area contributed by atoms with Gasteiger partial charge < -0.3 is 5.32 Å². The van der Waals surface area contributed by atoms with Crippen LogP contribution in [0.25, 0.3) is 0 Å². The van der Waals surface area contributed by atoms with Crippen molar-refractivity contribution < 1.29 is 13.2 Å². The lowest BCUT2D eigenvalue weighted by molar-refractivity contribution is 0.0950. The molecule has 0 aromatic heterocycles. The monoisotopic (exact) mass is 431 g/mol. The van der Waals surface area contributed by atoms with Crippen LogP contribution in [0.15, 0.2) is 53.4 Å². The van der Waals surface area contributed by atoms with Crippen molar-refractivity contribution in [1.82, 2.24) is 14.9 Å². The molecule has 0 radical (unpaired) electrons. The smallest absolute Gasteiger partial charge is 0.251 e. The Morgan fingerprint density at radius 2 is 1.60 bits per heavy atom. The topological polar surface area (TPSA) is 78.5 Å². The molecule has 0 bridgehead atoms. The van der Waals surface area contributed by atoms with E-state index in [1.54, 1.807) is 12.1 Å². The second-order valence-corrected chi connectivity index (χ2v) is 9.63. The second-order valence-electron chi connectivity index (χ2n) is 7.92. The van der Waals surface area contributed by atoms with Gasteiger partial charge in [0.15, 0.2) is 0 Å². The van der Waals surface area contributed by atoms with Crippen molar-refractivity contribution >= 4 is 15.9 Å². The fraction of sp³-hybridized carbons (Fsp3) is 0.435. The van der Waals surface area contributed by atoms with Gasteiger partial charge in [-0.2, -0.15) is 0 Å². The number of amides is 1. The highest BCUT2D eigenvalue weighted by Crippen LogP contribution is 2.14. The summed E-state index contributed by atoms with van der Waals surface area (Å²) in [6, 6.07) is 14.3. The van der Waals surface area contributed by atoms with E-state index in [1.165, 1.54) is 17.7 Å². The summed E-state index contributed by atoms with van der Waals surface area (Å²) in [5.74, 6) is -0.235. The number of nitrogens with one attached hydrogen (secondary N) is 2. The van der Waals surface area contributed by atoms with E-state index < -0.39 is 10.0 Å². The Bertz CT molecular complexity index is 940. The Morgan fingerprint density at radius 3 is 2.17 bits per heavy atom. The standard InChI is InChI=1S/C23H33N3O3S/c1-6-18(4)25-30(28,29)22-13-11-19(12-14-22)23(27)24-15-20-9-7-8-10-21(20)16-26(5)17(2)3/h7-14,17-18,25H,6,15-16H2,1-5H3,(H,24,27). The predicted molar refractivity (Wildman–Crippen MR) is 121 cm³/mol. The molecule has 2 aromatic rings. The molecule has 1 atom stereocenters. The Hall–Kier alpha value is -2.22. The first kappa shape index (κ1) is 24.1. The maximum absolute atomic E-state index is 12.6. The van der Waals surface area contributed by atoms with Gasteiger partial charge in [0.1, 0.15) is 0 Å². The normalized spacial score (nSPS) is 12.9. The maximum atomic E-state index is 12.6. The van der Waals surface area contributed by atoms with Crippen LogP contribution < -0.4 is 10.0 Å². The van der Waals surface area contributed by atoms with Gasteiger partial charge in [0.05, 0.1) is 4.90 Å². The number of hydrogen-bond acceptors (Lipinski definition) is 4. The first-order valence-electron chi connectivity index (χ1n) is 10.3. The lowest BCUT2D eigenvalue weighted by Gasteiger charge is -2.22. The number of benzene rings is 2. The number of nitrogens with zero attached hydrogens (tertiary/aromatic N) is 1. The minimum Gasteiger partial charge on any atom is -0.348 e. The molecule has 1 amide bonds. The number of carbonyl (C=O) groups is 1. The van der Waals surface area contributed by atoms with Gasteiger partial charge >= 0.3 is 0 Å². The van der Waals surface area contributed by atoms with Crippen molar-refractivity contribution in [2.24, 2.45) is 0 Å². The fourth-order valence-electron chi connectivity index (χ4n) is 2.81. The number of sulfonamides is 1. The molecule has 0 heterocycles. The zero-order valence-corrected chi connectivity index (χ0v) is 19.3. The number of hydrogen-bond donors (Lipinski definition) is 2. The average molecular weight is 432 g/mol. The van der Waals surface area contributed by atoms with E-state index in [0.717, 1.165) is 12.1 Å². The van der Waals surface area contributed by atoms with E-state index >= 15 is 0 Å². The van der Waals surface area contributed by atoms with Gasteiger partial charge in [-0.3, -0.25) is 9.69 Å². The molecule has 2 N–H and O–H groups in total. The van der Waals surface area contributed by atoms with Crippen LogP contribution >= 0.6 is 0 Å². The van der Waals surface area contributed by atoms with Crippen LogP contribution in [0.2, 0.25) is 0 Å². The van der Waals surface area contributed by atoms with Gasteiger partial charge in [0.2, 0.25) is 10.0 Å². The van der Waals surface area contributed by atoms with Crippen LogP contribution in [0.1, 0.15) is 55.6 Å². The Kier molecular flexibility index (Phi) is 8.58. The third-order valence-corrected chi connectivity index (χ3v) is 6.86. The fourth-order valence-corrected chi connectivity index (χ4v) is 4.14. The first-order chi connectivity index (χ1) is 14.1. The lowest BCUT2D eigenvalue weighted by atomic mass is 10.1. The van der Waals surface area contributed by atoms with Crippen LogP contribution in [0.4, 0.5) is 0 Å². The molecule has 0 aliphatic rings. The molecule has 0 saturated carbocycles. The van der Waals surface area contributed by atoms with E-state index in [1.807, 2.05) is 32.0 Å². The second kappa shape index (κ2) is 10.7. The molecular weight excluding hydrogens is 398 g/mol. The Labute approximate surface area is 180 Å². The van der Waals surface area contributed by atoms with E-state index in [-0.39, 0.29) is 16.8 Å². The van der Waals surface area contributed by atoms with Crippen molar-refractivity contribution in [1.29, 1.82) is 0 Å². The molecule has 2 rings (SSSR count). The lowest BCUT2D eigenvalue weighted by Crippen LogP contribution is -2.32. The molecule has 0 saturated heterocycles. The van der Waals surface area contributed by atoms with Crippen LogP contribution in [-0.4, -0.2) is 38.4 Å². The summed E-state index contributed by atoms with van der Waals surface area (Å²) in [6.45, 7) is 9.24. The van der Waals surface area contributed by atoms with Gasteiger partial charge in [-0.25, -0.2) is 13.1 Å². The molecule has 0 fully saturated rings. The van der Waals surface area contributed by atoms with E-state index in [2.05, 4.69) is 41.9 Å². The van der Waals surface area contributed by atoms with Gasteiger partial charge in [0.25, 0.3) is 5.91 Å². The SMILES string of the molecule is CCC(C)NS(=O)(=O)c1ccc(C(=O)NCc2ccccc2CN(C)C(C)C)cc1. The Balaban J connectivity index is 2.04. The van der Waals surface area contributed by atoms with Gasteiger partial charge in [-0.15, -0.1) is 0 Å². The molecule has 2 aromatic carbocycles. The molecule has 1 unspecified atom stereocenters. The van der Waals surface area contributed by atoms with E-state index in [4.69, 9.17) is 0 Å². The molecule has 164 valence electrons. The molecule has 0 aliphatic carbocycles. The summed E-state index contributed by atoms with van der Waals surface area (Å²) < 4.78 is 27.3. The van der Waals surface area contributed by atoms with Crippen molar-refractivity contribution in [2.75, 3.05) is 7.05 Å². The van der Waals surface area contributed by atoms with Crippen LogP contribution in [0.3, 0.4) is 0 Å². The van der Waals surface area contributed by atoms with Crippen molar-refractivity contribution in [3.05, 3.63) is 65.2 Å². The summed E-state index contributed by atoms with van der Waals surface area (Å²) in [5, 5.41) is 2.94. The largest absolute Gasteiger partial charge is 0.348 e. The summed E-state index contributed by atoms with van der Waals surface area (Å²) in [7, 11) is -1.50. The van der Waals surface area contributed by atoms with Gasteiger partial charge in [-0.1, -0.05) is 31.2 Å². The van der Waals surface area contributed by atoms with Crippen molar-refractivity contribution in [3.63, 3.8) is 0 Å². The molecule has 7 heteroatoms. The van der Waals surface area contributed by atoms with E-state index in [0.29, 0.717) is 24.6 Å². The van der Waals surface area contributed by atoms with Crippen LogP contribution in [0, 0.1) is 0 Å². The highest BCUT2D eigenvalue weighted by atomic mass is 32.2. The molecule has 30 heavy (non-hydrogen) atoms. The quantitative estimate of drug-likeness (QED) is 0.603. The minimum atomic E-state index is -3.58. The first-order valence-corrected chi connectivity index (χ1v) is 11.8. The van der Waals surface area contributed by atoms with Gasteiger partial charge in [0, 0.05) is 30.7 Å². The summed E-state index contributed by atoms with van der Waals surface area (Å²) in [6.07, 6.45) is 0.703. The summed E-state index contributed by atoms with van der Waals surface area (Å²) in [4.78, 5) is 15.0. The maximum Gasteiger partial charge on any atom is 0.251 e. The molecular formula is C23H33N3O3S. The summed E-state index contributed by atoms with van der Waals surface area (Å²) in [5.41, 5.74) is 2.66. The average Bonchev–Trinajstić information content (AvgIpc) is 2.72. The third-order valence-electron chi connectivity index (χ3n) is 5.25. The highest BCUT2D eigenvalue weighted by molar-refractivity contribution is 7.89. The zero-order valence-electron chi connectivity index (χ0n) is 18.5. The van der Waals surface area contributed by atoms with Crippen molar-refractivity contribution in [3.8, 4) is 0 Å². The van der Waals surface area contributed by atoms with Crippen LogP contribution in [-0.2, 0) is 23.1 Å². The minimum absolute atomic E-state index is 0.146. The number of carbonyl (C=O) groups excluding carboxylic acids is 1.